The lowest BCUT2D eigenvalue weighted by atomic mass is 10.1. The van der Waals surface area contributed by atoms with Crippen molar-refractivity contribution in [3.05, 3.63) is 70.7 Å². The van der Waals surface area contributed by atoms with Gasteiger partial charge in [0.15, 0.2) is 6.61 Å². The fraction of sp³-hybridized carbons (Fsp3) is 0.143. The molecule has 0 saturated carbocycles. The Morgan fingerprint density at radius 3 is 2.36 bits per heavy atom. The van der Waals surface area contributed by atoms with E-state index in [1.165, 1.54) is 11.9 Å². The number of para-hydroxylation sites is 1. The van der Waals surface area contributed by atoms with Crippen molar-refractivity contribution in [2.75, 3.05) is 25.5 Å². The predicted octanol–water partition coefficient (Wildman–Crippen LogP) is 4.62. The summed E-state index contributed by atoms with van der Waals surface area (Å²) in [5.74, 6) is -0.141. The van der Waals surface area contributed by atoms with Crippen LogP contribution in [-0.4, -0.2) is 36.9 Å². The molecule has 5 nitrogen and oxygen atoms in total. The van der Waals surface area contributed by atoms with Crippen molar-refractivity contribution in [3.8, 4) is 5.75 Å². The Labute approximate surface area is 172 Å². The molecule has 0 aromatic heterocycles. The van der Waals surface area contributed by atoms with Crippen LogP contribution in [0.15, 0.2) is 60.7 Å². The summed E-state index contributed by atoms with van der Waals surface area (Å²) >= 11 is 12.1. The third kappa shape index (κ3) is 4.94. The molecule has 0 aliphatic carbocycles. The van der Waals surface area contributed by atoms with E-state index in [4.69, 9.17) is 27.9 Å². The van der Waals surface area contributed by atoms with Crippen LogP contribution in [0.5, 0.6) is 5.75 Å². The van der Waals surface area contributed by atoms with Crippen molar-refractivity contribution in [1.29, 1.82) is 0 Å². The van der Waals surface area contributed by atoms with Gasteiger partial charge in [-0.2, -0.15) is 0 Å². The molecule has 28 heavy (non-hydrogen) atoms. The number of halogens is 2. The number of nitrogens with zero attached hydrogens (tertiary/aromatic N) is 1. The van der Waals surface area contributed by atoms with Gasteiger partial charge in [0.2, 0.25) is 5.91 Å². The number of hydrogen-bond acceptors (Lipinski definition) is 3. The van der Waals surface area contributed by atoms with Crippen LogP contribution >= 0.6 is 23.2 Å². The van der Waals surface area contributed by atoms with Crippen molar-refractivity contribution in [1.82, 2.24) is 4.90 Å². The number of fused-ring (bicyclic) bond motifs is 1. The number of ether oxygens (including phenoxy) is 1. The van der Waals surface area contributed by atoms with Gasteiger partial charge in [-0.25, -0.2) is 0 Å². The summed E-state index contributed by atoms with van der Waals surface area (Å²) in [7, 11) is 1.53. The maximum atomic E-state index is 12.3. The summed E-state index contributed by atoms with van der Waals surface area (Å²) in [5, 5.41) is 5.39. The first kappa shape index (κ1) is 20.0. The van der Waals surface area contributed by atoms with Crippen LogP contribution in [0.3, 0.4) is 0 Å². The smallest absolute Gasteiger partial charge is 0.260 e. The lowest BCUT2D eigenvalue weighted by molar-refractivity contribution is -0.135. The number of likely N-dealkylation sites (N-methyl/N-ethyl adjacent to an activating group) is 1. The van der Waals surface area contributed by atoms with Crippen LogP contribution < -0.4 is 10.1 Å². The van der Waals surface area contributed by atoms with Crippen molar-refractivity contribution in [3.63, 3.8) is 0 Å². The van der Waals surface area contributed by atoms with Gasteiger partial charge in [-0.1, -0.05) is 59.6 Å². The van der Waals surface area contributed by atoms with Gasteiger partial charge in [0.05, 0.1) is 22.3 Å². The number of carbonyl (C=O) groups is 2. The molecule has 0 bridgehead atoms. The average molecular weight is 417 g/mol. The molecule has 7 heteroatoms. The molecule has 144 valence electrons. The molecule has 0 atom stereocenters. The summed E-state index contributed by atoms with van der Waals surface area (Å²) in [4.78, 5) is 25.7. The number of nitrogens with one attached hydrogen (secondary N) is 1. The molecule has 1 N–H and O–H groups in total. The summed E-state index contributed by atoms with van der Waals surface area (Å²) in [5.41, 5.74) is 0.323. The number of carbonyl (C=O) groups excluding carboxylic acids is 2. The normalized spacial score (nSPS) is 10.5. The lowest BCUT2D eigenvalue weighted by Gasteiger charge is -2.18. The standard InChI is InChI=1S/C21H18Cl2N2O3/c1-25(12-19(26)24-21-17(22)7-4-8-18(21)23)20(27)13-28-16-10-9-14-5-2-3-6-15(14)11-16/h2-11H,12-13H2,1H3,(H,24,26). The maximum Gasteiger partial charge on any atom is 0.260 e. The molecule has 0 unspecified atom stereocenters. The molecule has 3 rings (SSSR count). The zero-order valence-electron chi connectivity index (χ0n) is 15.1. The van der Waals surface area contributed by atoms with Crippen LogP contribution in [0.1, 0.15) is 0 Å². The maximum absolute atomic E-state index is 12.3. The van der Waals surface area contributed by atoms with E-state index < -0.39 is 5.91 Å². The quantitative estimate of drug-likeness (QED) is 0.637. The molecule has 0 heterocycles. The largest absolute Gasteiger partial charge is 0.484 e. The van der Waals surface area contributed by atoms with Crippen LogP contribution in [0.4, 0.5) is 5.69 Å². The molecule has 0 radical (unpaired) electrons. The van der Waals surface area contributed by atoms with Gasteiger partial charge in [0.1, 0.15) is 5.75 Å². The van der Waals surface area contributed by atoms with Crippen LogP contribution in [-0.2, 0) is 9.59 Å². The number of anilines is 1. The van der Waals surface area contributed by atoms with E-state index in [1.807, 2.05) is 42.5 Å². The second-order valence-corrected chi connectivity index (χ2v) is 7.01. The van der Waals surface area contributed by atoms with Crippen LogP contribution in [0.25, 0.3) is 10.8 Å². The first-order valence-electron chi connectivity index (χ1n) is 8.53. The van der Waals surface area contributed by atoms with Gasteiger partial charge in [0.25, 0.3) is 5.91 Å². The summed E-state index contributed by atoms with van der Waals surface area (Å²) < 4.78 is 5.57. The highest BCUT2D eigenvalue weighted by Crippen LogP contribution is 2.29. The summed E-state index contributed by atoms with van der Waals surface area (Å²) in [6.45, 7) is -0.323. The van der Waals surface area contributed by atoms with Crippen molar-refractivity contribution < 1.29 is 14.3 Å². The molecule has 0 aliphatic rings. The fourth-order valence-electron chi connectivity index (χ4n) is 2.61. The van der Waals surface area contributed by atoms with Gasteiger partial charge in [0, 0.05) is 7.05 Å². The van der Waals surface area contributed by atoms with Crippen molar-refractivity contribution in [2.24, 2.45) is 0 Å². The molecule has 0 aliphatic heterocycles. The molecular weight excluding hydrogens is 399 g/mol. The Balaban J connectivity index is 1.54. The van der Waals surface area contributed by atoms with E-state index in [2.05, 4.69) is 5.32 Å². The highest BCUT2D eigenvalue weighted by atomic mass is 35.5. The average Bonchev–Trinajstić information content (AvgIpc) is 2.68. The highest BCUT2D eigenvalue weighted by Gasteiger charge is 2.16. The minimum Gasteiger partial charge on any atom is -0.484 e. The number of amides is 2. The van der Waals surface area contributed by atoms with Gasteiger partial charge >= 0.3 is 0 Å². The van der Waals surface area contributed by atoms with Gasteiger partial charge in [-0.15, -0.1) is 0 Å². The third-order valence-electron chi connectivity index (χ3n) is 4.12. The molecule has 3 aromatic rings. The van der Waals surface area contributed by atoms with E-state index in [0.717, 1.165) is 10.8 Å². The second-order valence-electron chi connectivity index (χ2n) is 6.19. The Bertz CT molecular complexity index is 1000. The van der Waals surface area contributed by atoms with Crippen LogP contribution in [0, 0.1) is 0 Å². The molecule has 0 saturated heterocycles. The SMILES string of the molecule is CN(CC(=O)Nc1c(Cl)cccc1Cl)C(=O)COc1ccc2ccccc2c1. The Kier molecular flexibility index (Phi) is 6.39. The van der Waals surface area contributed by atoms with E-state index in [1.54, 1.807) is 18.2 Å². The van der Waals surface area contributed by atoms with Gasteiger partial charge < -0.3 is 15.0 Å². The lowest BCUT2D eigenvalue weighted by Crippen LogP contribution is -2.37. The topological polar surface area (TPSA) is 58.6 Å². The van der Waals surface area contributed by atoms with Gasteiger partial charge in [-0.3, -0.25) is 9.59 Å². The van der Waals surface area contributed by atoms with E-state index in [0.29, 0.717) is 21.5 Å². The van der Waals surface area contributed by atoms with Gasteiger partial charge in [-0.05, 0) is 35.0 Å². The predicted molar refractivity (Wildman–Crippen MR) is 112 cm³/mol. The zero-order chi connectivity index (χ0) is 20.1. The summed E-state index contributed by atoms with van der Waals surface area (Å²) in [6, 6.07) is 18.4. The third-order valence-corrected chi connectivity index (χ3v) is 4.75. The zero-order valence-corrected chi connectivity index (χ0v) is 16.6. The van der Waals surface area contributed by atoms with E-state index in [-0.39, 0.29) is 19.1 Å². The minimum absolute atomic E-state index is 0.151. The first-order valence-corrected chi connectivity index (χ1v) is 9.29. The molecular formula is C21H18Cl2N2O3. The number of rotatable bonds is 6. The molecule has 0 spiro atoms. The highest BCUT2D eigenvalue weighted by molar-refractivity contribution is 6.39. The van der Waals surface area contributed by atoms with Crippen molar-refractivity contribution in [2.45, 2.75) is 0 Å². The van der Waals surface area contributed by atoms with Crippen LogP contribution in [0.2, 0.25) is 10.0 Å². The number of benzene rings is 3. The van der Waals surface area contributed by atoms with E-state index in [9.17, 15) is 9.59 Å². The van der Waals surface area contributed by atoms with Crippen molar-refractivity contribution >= 4 is 51.5 Å². The number of hydrogen-bond donors (Lipinski definition) is 1. The monoisotopic (exact) mass is 416 g/mol. The Morgan fingerprint density at radius 1 is 0.964 bits per heavy atom. The molecule has 2 amide bonds. The molecule has 3 aromatic carbocycles. The fourth-order valence-corrected chi connectivity index (χ4v) is 3.10. The first-order chi connectivity index (χ1) is 13.4. The minimum atomic E-state index is -0.406. The summed E-state index contributed by atoms with van der Waals surface area (Å²) in [6.07, 6.45) is 0. The second kappa shape index (κ2) is 8.95. The Morgan fingerprint density at radius 2 is 1.64 bits per heavy atom. The molecule has 0 fully saturated rings. The van der Waals surface area contributed by atoms with E-state index >= 15 is 0 Å². The Hall–Kier alpha value is -2.76.